The topological polar surface area (TPSA) is 131 Å². The molecule has 1 aliphatic rings. The van der Waals surface area contributed by atoms with Gasteiger partial charge < -0.3 is 4.90 Å². The number of carbonyl (C=O) groups is 2. The maximum Gasteiger partial charge on any atom is 0.324 e. The molecule has 0 spiro atoms. The summed E-state index contributed by atoms with van der Waals surface area (Å²) in [5.41, 5.74) is 7.04. The Balaban J connectivity index is 1.43. The summed E-state index contributed by atoms with van der Waals surface area (Å²) in [4.78, 5) is 28.6. The SMILES string of the molecule is Cn1ncc2ccc(-c3ccc(N(Cc4ccc(C(=O)NN)cc4)C(=O)N4CCS(=O)(=O)CC4)cc3)cc21. The summed E-state index contributed by atoms with van der Waals surface area (Å²) < 4.78 is 25.7. The smallest absolute Gasteiger partial charge is 0.322 e. The normalized spacial score (nSPS) is 14.8. The Bertz CT molecular complexity index is 1580. The van der Waals surface area contributed by atoms with Crippen LogP contribution in [-0.2, 0) is 23.4 Å². The highest BCUT2D eigenvalue weighted by molar-refractivity contribution is 7.91. The van der Waals surface area contributed by atoms with Gasteiger partial charge in [-0.3, -0.25) is 19.8 Å². The number of rotatable bonds is 5. The van der Waals surface area contributed by atoms with Crippen LogP contribution in [0.1, 0.15) is 15.9 Å². The first-order chi connectivity index (χ1) is 18.2. The molecule has 38 heavy (non-hydrogen) atoms. The molecular formula is C27H28N6O4S. The van der Waals surface area contributed by atoms with E-state index in [9.17, 15) is 18.0 Å². The Labute approximate surface area is 220 Å². The fraction of sp³-hybridized carbons (Fsp3) is 0.222. The predicted octanol–water partition coefficient (Wildman–Crippen LogP) is 2.70. The minimum atomic E-state index is -3.13. The second kappa shape index (κ2) is 10.3. The van der Waals surface area contributed by atoms with Crippen LogP contribution in [-0.4, -0.2) is 59.6 Å². The van der Waals surface area contributed by atoms with E-state index in [1.807, 2.05) is 54.3 Å². The average Bonchev–Trinajstić information content (AvgIpc) is 3.31. The Morgan fingerprint density at radius 1 is 0.974 bits per heavy atom. The quantitative estimate of drug-likeness (QED) is 0.231. The summed E-state index contributed by atoms with van der Waals surface area (Å²) in [6.45, 7) is 0.541. The molecule has 0 saturated carbocycles. The minimum Gasteiger partial charge on any atom is -0.322 e. The van der Waals surface area contributed by atoms with Crippen molar-refractivity contribution >= 4 is 38.4 Å². The van der Waals surface area contributed by atoms with E-state index >= 15 is 0 Å². The number of nitrogens with zero attached hydrogens (tertiary/aromatic N) is 4. The summed E-state index contributed by atoms with van der Waals surface area (Å²) in [6.07, 6.45) is 1.83. The van der Waals surface area contributed by atoms with Crippen LogP contribution in [0.3, 0.4) is 0 Å². The maximum absolute atomic E-state index is 13.6. The third kappa shape index (κ3) is 5.24. The van der Waals surface area contributed by atoms with E-state index in [2.05, 4.69) is 16.6 Å². The molecule has 3 aromatic carbocycles. The Morgan fingerprint density at radius 3 is 2.29 bits per heavy atom. The molecule has 1 saturated heterocycles. The molecule has 0 unspecified atom stereocenters. The van der Waals surface area contributed by atoms with Crippen molar-refractivity contribution in [3.05, 3.63) is 84.1 Å². The number of hydrazine groups is 1. The Hall–Kier alpha value is -4.22. The van der Waals surface area contributed by atoms with Gasteiger partial charge in [0.1, 0.15) is 0 Å². The molecule has 11 heteroatoms. The first-order valence-corrected chi connectivity index (χ1v) is 14.0. The molecule has 0 radical (unpaired) electrons. The lowest BCUT2D eigenvalue weighted by Crippen LogP contribution is -2.49. The minimum absolute atomic E-state index is 0.0507. The molecule has 0 aliphatic carbocycles. The number of aryl methyl sites for hydroxylation is 1. The molecule has 5 rings (SSSR count). The number of nitrogens with one attached hydrogen (secondary N) is 1. The van der Waals surface area contributed by atoms with E-state index in [-0.39, 0.29) is 37.2 Å². The monoisotopic (exact) mass is 532 g/mol. The van der Waals surface area contributed by atoms with Gasteiger partial charge in [0, 0.05) is 36.8 Å². The van der Waals surface area contributed by atoms with Crippen LogP contribution in [0.15, 0.2) is 72.9 Å². The molecule has 3 N–H and O–H groups in total. The zero-order valence-corrected chi connectivity index (χ0v) is 21.7. The summed E-state index contributed by atoms with van der Waals surface area (Å²) in [6, 6.07) is 20.4. The average molecular weight is 533 g/mol. The fourth-order valence-electron chi connectivity index (χ4n) is 4.53. The Morgan fingerprint density at radius 2 is 1.63 bits per heavy atom. The van der Waals surface area contributed by atoms with Gasteiger partial charge in [-0.25, -0.2) is 19.1 Å². The van der Waals surface area contributed by atoms with Gasteiger partial charge in [0.05, 0.1) is 29.8 Å². The van der Waals surface area contributed by atoms with E-state index in [1.54, 1.807) is 34.1 Å². The molecule has 0 bridgehead atoms. The molecule has 10 nitrogen and oxygen atoms in total. The lowest BCUT2D eigenvalue weighted by Gasteiger charge is -2.33. The molecule has 1 aromatic heterocycles. The van der Waals surface area contributed by atoms with Crippen molar-refractivity contribution in [2.24, 2.45) is 12.9 Å². The summed E-state index contributed by atoms with van der Waals surface area (Å²) >= 11 is 0. The van der Waals surface area contributed by atoms with Crippen molar-refractivity contribution in [3.63, 3.8) is 0 Å². The van der Waals surface area contributed by atoms with Crippen molar-refractivity contribution in [3.8, 4) is 11.1 Å². The van der Waals surface area contributed by atoms with E-state index in [0.717, 1.165) is 27.6 Å². The fourth-order valence-corrected chi connectivity index (χ4v) is 5.73. The van der Waals surface area contributed by atoms with E-state index in [1.165, 1.54) is 0 Å². The van der Waals surface area contributed by atoms with Gasteiger partial charge >= 0.3 is 6.03 Å². The third-order valence-electron chi connectivity index (χ3n) is 6.80. The number of carbonyl (C=O) groups excluding carboxylic acids is 2. The second-order valence-corrected chi connectivity index (χ2v) is 11.6. The standard InChI is InChI=1S/C27H28N6O4S/c1-31-25-16-22(6-7-23(25)17-29-31)20-8-10-24(11-9-20)33(27(35)32-12-14-38(36,37)15-13-32)18-19-2-4-21(5-3-19)26(34)30-28/h2-11,16-17H,12-15,18,28H2,1H3,(H,30,34). The molecule has 3 amide bonds. The number of fused-ring (bicyclic) bond motifs is 1. The molecule has 196 valence electrons. The lowest BCUT2D eigenvalue weighted by atomic mass is 10.0. The van der Waals surface area contributed by atoms with Crippen molar-refractivity contribution in [2.75, 3.05) is 29.5 Å². The van der Waals surface area contributed by atoms with Crippen LogP contribution in [0, 0.1) is 0 Å². The maximum atomic E-state index is 13.6. The molecule has 1 aliphatic heterocycles. The number of sulfone groups is 1. The van der Waals surface area contributed by atoms with Gasteiger partial charge in [-0.1, -0.05) is 36.4 Å². The van der Waals surface area contributed by atoms with Gasteiger partial charge in [0.2, 0.25) is 0 Å². The van der Waals surface area contributed by atoms with Crippen LogP contribution in [0.2, 0.25) is 0 Å². The Kier molecular flexibility index (Phi) is 6.87. The van der Waals surface area contributed by atoms with Gasteiger partial charge in [-0.2, -0.15) is 5.10 Å². The van der Waals surface area contributed by atoms with Gasteiger partial charge in [-0.05, 0) is 47.0 Å². The number of urea groups is 1. The van der Waals surface area contributed by atoms with Crippen molar-refractivity contribution in [1.82, 2.24) is 20.1 Å². The number of hydrogen-bond acceptors (Lipinski definition) is 6. The van der Waals surface area contributed by atoms with E-state index in [4.69, 9.17) is 5.84 Å². The highest BCUT2D eigenvalue weighted by atomic mass is 32.2. The third-order valence-corrected chi connectivity index (χ3v) is 8.40. The number of nitrogens with two attached hydrogens (primary N) is 1. The van der Waals surface area contributed by atoms with Crippen LogP contribution in [0.25, 0.3) is 22.0 Å². The predicted molar refractivity (Wildman–Crippen MR) is 146 cm³/mol. The number of amides is 3. The van der Waals surface area contributed by atoms with Crippen LogP contribution in [0.5, 0.6) is 0 Å². The largest absolute Gasteiger partial charge is 0.324 e. The van der Waals surface area contributed by atoms with E-state index < -0.39 is 15.7 Å². The lowest BCUT2D eigenvalue weighted by molar-refractivity contribution is 0.0953. The van der Waals surface area contributed by atoms with Crippen LogP contribution < -0.4 is 16.2 Å². The number of anilines is 1. The first-order valence-electron chi connectivity index (χ1n) is 12.1. The van der Waals surface area contributed by atoms with Crippen molar-refractivity contribution in [1.29, 1.82) is 0 Å². The molecule has 1 fully saturated rings. The second-order valence-electron chi connectivity index (χ2n) is 9.27. The van der Waals surface area contributed by atoms with Crippen LogP contribution >= 0.6 is 0 Å². The summed E-state index contributed by atoms with van der Waals surface area (Å²) in [7, 11) is -1.23. The van der Waals surface area contributed by atoms with Crippen molar-refractivity contribution in [2.45, 2.75) is 6.54 Å². The first kappa shape index (κ1) is 25.4. The zero-order valence-electron chi connectivity index (χ0n) is 20.9. The zero-order chi connectivity index (χ0) is 26.9. The number of benzene rings is 3. The van der Waals surface area contributed by atoms with Crippen molar-refractivity contribution < 1.29 is 18.0 Å². The summed E-state index contributed by atoms with van der Waals surface area (Å²) in [5, 5.41) is 5.36. The molecule has 2 heterocycles. The van der Waals surface area contributed by atoms with Gasteiger partial charge in [0.15, 0.2) is 9.84 Å². The van der Waals surface area contributed by atoms with Gasteiger partial charge in [-0.15, -0.1) is 0 Å². The van der Waals surface area contributed by atoms with E-state index in [0.29, 0.717) is 11.3 Å². The number of hydrogen-bond donors (Lipinski definition) is 2. The highest BCUT2D eigenvalue weighted by Gasteiger charge is 2.29. The molecule has 4 aromatic rings. The van der Waals surface area contributed by atoms with Crippen LogP contribution in [0.4, 0.5) is 10.5 Å². The highest BCUT2D eigenvalue weighted by Crippen LogP contribution is 2.28. The number of nitrogen functional groups attached to an aromatic ring is 1. The number of aromatic nitrogens is 2. The molecular weight excluding hydrogens is 504 g/mol. The molecule has 0 atom stereocenters. The van der Waals surface area contributed by atoms with Gasteiger partial charge in [0.25, 0.3) is 5.91 Å². The summed E-state index contributed by atoms with van der Waals surface area (Å²) in [5.74, 6) is 4.71.